The summed E-state index contributed by atoms with van der Waals surface area (Å²) in [7, 11) is -4.33. The summed E-state index contributed by atoms with van der Waals surface area (Å²) in [6.07, 6.45) is 2.43. The highest BCUT2D eigenvalue weighted by Crippen LogP contribution is 2.46. The quantitative estimate of drug-likeness (QED) is 0.0405. The molecule has 2 atom stereocenters. The first-order valence-electron chi connectivity index (χ1n) is 26.2. The average molecular weight is 1160 g/mol. The minimum Gasteiger partial charge on any atom is -0.493 e. The molecule has 0 spiro atoms. The van der Waals surface area contributed by atoms with Crippen LogP contribution in [0.25, 0.3) is 5.57 Å². The van der Waals surface area contributed by atoms with Crippen molar-refractivity contribution in [1.29, 1.82) is 0 Å². The molecule has 0 unspecified atom stereocenters. The Bertz CT molecular complexity index is 3000. The predicted octanol–water partition coefficient (Wildman–Crippen LogP) is 8.19. The molecule has 19 nitrogen and oxygen atoms in total. The lowest BCUT2D eigenvalue weighted by molar-refractivity contribution is -0.127. The summed E-state index contributed by atoms with van der Waals surface area (Å²) in [5.41, 5.74) is -4.29. The lowest BCUT2D eigenvalue weighted by atomic mass is 9.96. The molecular formula is C54H71F3N6O13SSi2. The zero-order chi connectivity index (χ0) is 57.4. The number of fused-ring (bicyclic) bond motifs is 4. The van der Waals surface area contributed by atoms with Crippen molar-refractivity contribution in [2.24, 2.45) is 0 Å². The lowest BCUT2D eigenvalue weighted by Gasteiger charge is -2.34. The largest absolute Gasteiger partial charge is 0.534 e. The van der Waals surface area contributed by atoms with Crippen molar-refractivity contribution in [3.05, 3.63) is 83.4 Å². The molecule has 4 amide bonds. The second-order valence-corrected chi connectivity index (χ2v) is 35.7. The van der Waals surface area contributed by atoms with E-state index in [-0.39, 0.29) is 91.3 Å². The number of alkyl halides is 3. The molecule has 0 aromatic heterocycles. The van der Waals surface area contributed by atoms with Gasteiger partial charge in [-0.25, -0.2) is 0 Å². The SMILES string of the molecule is COc1cc2c(cc1OCCCOc1cc3c(cc1OC)C(=O)N1C=C(OS(=O)(=O)C(F)(F)F)C[C@@]1(C)C(=O)N3COCC[Si](C)(C)C)N(COCC[Si](C)(C)C)C(=O)[C@@H]1CC(c3ccc(N4CCN(C)CC4)cc3)=CN1C2=O. The molecule has 0 aliphatic carbocycles. The molecule has 1 fully saturated rings. The number of ether oxygens (including phenoxy) is 6. The first kappa shape index (κ1) is 59.0. The number of hydrogen-bond donors (Lipinski definition) is 0. The van der Waals surface area contributed by atoms with E-state index in [1.807, 2.05) is 12.1 Å². The second-order valence-electron chi connectivity index (χ2n) is 22.9. The van der Waals surface area contributed by atoms with Gasteiger partial charge >= 0.3 is 15.6 Å². The van der Waals surface area contributed by atoms with Crippen molar-refractivity contribution >= 4 is 72.5 Å². The molecule has 0 radical (unpaired) electrons. The average Bonchev–Trinajstić information content (AvgIpc) is 4.21. The predicted molar refractivity (Wildman–Crippen MR) is 297 cm³/mol. The number of likely N-dealkylation sites (N-methyl/N-ethyl adjacent to an activating group) is 1. The molecule has 5 heterocycles. The van der Waals surface area contributed by atoms with E-state index < -0.39 is 67.3 Å². The van der Waals surface area contributed by atoms with Gasteiger partial charge in [-0.15, -0.1) is 0 Å². The van der Waals surface area contributed by atoms with Crippen molar-refractivity contribution in [3.8, 4) is 23.0 Å². The summed E-state index contributed by atoms with van der Waals surface area (Å²) in [6, 6.07) is 15.0. The van der Waals surface area contributed by atoms with Crippen LogP contribution in [0.2, 0.25) is 51.4 Å². The number of carbonyl (C=O) groups excluding carboxylic acids is 4. The van der Waals surface area contributed by atoms with Crippen molar-refractivity contribution in [2.75, 3.05) is 102 Å². The molecule has 3 aromatic carbocycles. The number of piperazine rings is 1. The van der Waals surface area contributed by atoms with Gasteiger partial charge < -0.3 is 47.3 Å². The molecule has 25 heteroatoms. The van der Waals surface area contributed by atoms with Crippen molar-refractivity contribution in [2.45, 2.75) is 94.6 Å². The van der Waals surface area contributed by atoms with Gasteiger partial charge in [0, 0.05) is 105 Å². The van der Waals surface area contributed by atoms with Crippen LogP contribution in [0.4, 0.5) is 30.2 Å². The van der Waals surface area contributed by atoms with E-state index in [0.717, 1.165) is 66.2 Å². The fraction of sp³-hybridized carbons (Fsp3) is 0.519. The molecular weight excluding hydrogens is 1090 g/mol. The highest BCUT2D eigenvalue weighted by molar-refractivity contribution is 7.87. The molecule has 3 aromatic rings. The summed E-state index contributed by atoms with van der Waals surface area (Å²) in [6.45, 7) is 18.5. The van der Waals surface area contributed by atoms with Crippen LogP contribution in [0.5, 0.6) is 23.0 Å². The Morgan fingerprint density at radius 1 is 0.696 bits per heavy atom. The Balaban J connectivity index is 1.01. The van der Waals surface area contributed by atoms with Crippen LogP contribution in [0, 0.1) is 0 Å². The summed E-state index contributed by atoms with van der Waals surface area (Å²) < 4.78 is 105. The van der Waals surface area contributed by atoms with Crippen LogP contribution in [-0.4, -0.2) is 167 Å². The number of amides is 4. The number of halogens is 3. The molecule has 8 rings (SSSR count). The van der Waals surface area contributed by atoms with E-state index in [1.54, 1.807) is 18.3 Å². The standard InChI is InChI=1S/C54H71F3N6O13SSi2/c1-53-31-39(76-77(68,69)54(55,56)57)33-63(53)50(65)41-28-46(71-4)48(30-43(41)62(52(53)67)35-73-23-25-79(8,9)10)75-21-11-20-74-47-29-42-40(27-45(47)70-3)49(64)60-32-37(26-44(60)51(66)61(42)34-72-22-24-78(5,6)7)36-12-14-38(15-13-36)59-18-16-58(2)17-19-59/h12-15,27-30,32-33,44H,11,16-26,31,34-35H2,1-10H3/t44-,53-/m0/s1. The molecule has 1 saturated heterocycles. The van der Waals surface area contributed by atoms with Crippen LogP contribution < -0.4 is 33.6 Å². The zero-order valence-electron chi connectivity index (χ0n) is 46.5. The normalized spacial score (nSPS) is 20.1. The van der Waals surface area contributed by atoms with Crippen molar-refractivity contribution < 1.29 is 73.4 Å². The van der Waals surface area contributed by atoms with Crippen LogP contribution in [0.1, 0.15) is 52.5 Å². The van der Waals surface area contributed by atoms with Gasteiger partial charge in [0.2, 0.25) is 0 Å². The van der Waals surface area contributed by atoms with Gasteiger partial charge in [-0.3, -0.25) is 33.9 Å². The Morgan fingerprint density at radius 2 is 1.23 bits per heavy atom. The first-order valence-corrected chi connectivity index (χ1v) is 35.1. The molecule has 430 valence electrons. The number of rotatable bonds is 22. The van der Waals surface area contributed by atoms with E-state index in [1.165, 1.54) is 48.0 Å². The maximum absolute atomic E-state index is 14.8. The number of benzene rings is 3. The van der Waals surface area contributed by atoms with Crippen LogP contribution in [0.3, 0.4) is 0 Å². The molecule has 0 bridgehead atoms. The van der Waals surface area contributed by atoms with Gasteiger partial charge in [-0.05, 0) is 61.5 Å². The van der Waals surface area contributed by atoms with Gasteiger partial charge in [-0.2, -0.15) is 21.6 Å². The third kappa shape index (κ3) is 12.9. The highest BCUT2D eigenvalue weighted by atomic mass is 32.2. The maximum Gasteiger partial charge on any atom is 0.534 e. The topological polar surface area (TPSA) is 186 Å². The monoisotopic (exact) mass is 1160 g/mol. The zero-order valence-corrected chi connectivity index (χ0v) is 49.3. The number of hydrogen-bond acceptors (Lipinski definition) is 15. The third-order valence-corrected chi connectivity index (χ3v) is 18.9. The maximum atomic E-state index is 14.8. The Hall–Kier alpha value is -6.13. The summed E-state index contributed by atoms with van der Waals surface area (Å²) in [4.78, 5) is 68.1. The number of anilines is 3. The fourth-order valence-corrected chi connectivity index (χ4v) is 11.8. The Kier molecular flexibility index (Phi) is 17.3. The fourth-order valence-electron chi connectivity index (χ4n) is 9.78. The van der Waals surface area contributed by atoms with Gasteiger partial charge in [0.1, 0.15) is 30.8 Å². The number of nitrogens with zero attached hydrogens (tertiary/aromatic N) is 6. The van der Waals surface area contributed by atoms with Crippen LogP contribution in [-0.2, 0) is 33.4 Å². The smallest absolute Gasteiger partial charge is 0.493 e. The molecule has 5 aliphatic heterocycles. The number of methoxy groups -OCH3 is 2. The van der Waals surface area contributed by atoms with E-state index in [2.05, 4.69) is 72.4 Å². The second kappa shape index (κ2) is 23.2. The summed E-state index contributed by atoms with van der Waals surface area (Å²) in [5, 5.41) is 0. The van der Waals surface area contributed by atoms with E-state index in [9.17, 15) is 40.8 Å². The van der Waals surface area contributed by atoms with Gasteiger partial charge in [0.15, 0.2) is 23.0 Å². The first-order chi connectivity index (χ1) is 37.1. The third-order valence-electron chi connectivity index (χ3n) is 14.5. The summed E-state index contributed by atoms with van der Waals surface area (Å²) in [5.74, 6) is -2.37. The molecule has 79 heavy (non-hydrogen) atoms. The van der Waals surface area contributed by atoms with Gasteiger partial charge in [-0.1, -0.05) is 51.4 Å². The Morgan fingerprint density at radius 3 is 1.76 bits per heavy atom. The Labute approximate surface area is 461 Å². The van der Waals surface area contributed by atoms with Gasteiger partial charge in [0.05, 0.1) is 49.9 Å². The van der Waals surface area contributed by atoms with Crippen LogP contribution in [0.15, 0.2) is 66.7 Å². The van der Waals surface area contributed by atoms with E-state index in [4.69, 9.17) is 28.4 Å². The lowest BCUT2D eigenvalue weighted by Crippen LogP contribution is -2.54. The molecule has 0 saturated carbocycles. The van der Waals surface area contributed by atoms with E-state index >= 15 is 0 Å². The van der Waals surface area contributed by atoms with Crippen LogP contribution >= 0.6 is 0 Å². The highest BCUT2D eigenvalue weighted by Gasteiger charge is 2.56. The summed E-state index contributed by atoms with van der Waals surface area (Å²) >= 11 is 0. The molecule has 5 aliphatic rings. The minimum atomic E-state index is -6.12. The molecule has 0 N–H and O–H groups in total. The van der Waals surface area contributed by atoms with Gasteiger partial charge in [0.25, 0.3) is 23.6 Å². The van der Waals surface area contributed by atoms with Crippen molar-refractivity contribution in [3.63, 3.8) is 0 Å². The van der Waals surface area contributed by atoms with Crippen molar-refractivity contribution in [1.82, 2.24) is 14.7 Å². The minimum absolute atomic E-state index is 0.00980. The van der Waals surface area contributed by atoms with E-state index in [0.29, 0.717) is 18.7 Å². The number of carbonyl (C=O) groups is 4.